The highest BCUT2D eigenvalue weighted by molar-refractivity contribution is 5.66. The second-order valence-electron chi connectivity index (χ2n) is 10.2. The summed E-state index contributed by atoms with van der Waals surface area (Å²) >= 11 is 0. The van der Waals surface area contributed by atoms with Crippen LogP contribution in [0.2, 0.25) is 0 Å². The van der Waals surface area contributed by atoms with Gasteiger partial charge in [-0.3, -0.25) is 4.79 Å². The van der Waals surface area contributed by atoms with Gasteiger partial charge in [0.1, 0.15) is 0 Å². The molecule has 1 N–H and O–H groups in total. The van der Waals surface area contributed by atoms with Gasteiger partial charge in [-0.25, -0.2) is 0 Å². The summed E-state index contributed by atoms with van der Waals surface area (Å²) in [7, 11) is 0. The van der Waals surface area contributed by atoms with Gasteiger partial charge in [0, 0.05) is 6.42 Å². The normalized spacial score (nSPS) is 13.9. The van der Waals surface area contributed by atoms with E-state index < -0.39 is 5.97 Å². The fourth-order valence-corrected chi connectivity index (χ4v) is 3.70. The second-order valence-corrected chi connectivity index (χ2v) is 10.2. The molecule has 0 spiro atoms. The van der Waals surface area contributed by atoms with Crippen LogP contribution in [0.25, 0.3) is 0 Å². The maximum atomic E-state index is 10.6. The van der Waals surface area contributed by atoms with E-state index in [1.807, 2.05) is 6.92 Å². The first kappa shape index (κ1) is 31.9. The Bertz CT molecular complexity index is 765. The van der Waals surface area contributed by atoms with Crippen molar-refractivity contribution in [3.05, 3.63) is 69.9 Å². The zero-order valence-corrected chi connectivity index (χ0v) is 23.3. The highest BCUT2D eigenvalue weighted by atomic mass is 16.4. The number of carbonyl (C=O) groups is 1. The summed E-state index contributed by atoms with van der Waals surface area (Å²) in [5, 5.41) is 8.74. The van der Waals surface area contributed by atoms with E-state index in [2.05, 4.69) is 78.0 Å². The molecule has 0 saturated carbocycles. The van der Waals surface area contributed by atoms with E-state index in [-0.39, 0.29) is 6.42 Å². The van der Waals surface area contributed by atoms with Gasteiger partial charge in [-0.1, -0.05) is 69.9 Å². The van der Waals surface area contributed by atoms with E-state index >= 15 is 0 Å². The molecule has 0 aromatic heterocycles. The Morgan fingerprint density at radius 1 is 0.441 bits per heavy atom. The fraction of sp³-hybridized carbons (Fsp3) is 0.594. The highest BCUT2D eigenvalue weighted by Gasteiger charge is 1.98. The van der Waals surface area contributed by atoms with Crippen molar-refractivity contribution >= 4 is 5.97 Å². The van der Waals surface area contributed by atoms with Crippen molar-refractivity contribution in [2.24, 2.45) is 0 Å². The monoisotopic (exact) mass is 468 g/mol. The van der Waals surface area contributed by atoms with Crippen LogP contribution in [0.5, 0.6) is 0 Å². The fourth-order valence-electron chi connectivity index (χ4n) is 3.70. The third kappa shape index (κ3) is 21.7. The van der Waals surface area contributed by atoms with Crippen LogP contribution in [0, 0.1) is 0 Å². The molecule has 0 aromatic rings. The van der Waals surface area contributed by atoms with E-state index in [0.717, 1.165) is 51.4 Å². The molecule has 0 heterocycles. The van der Waals surface area contributed by atoms with Crippen molar-refractivity contribution < 1.29 is 9.90 Å². The van der Waals surface area contributed by atoms with Crippen molar-refractivity contribution in [3.63, 3.8) is 0 Å². The number of hydrogen-bond donors (Lipinski definition) is 1. The molecule has 0 fully saturated rings. The Hall–Kier alpha value is -2.09. The van der Waals surface area contributed by atoms with Crippen LogP contribution >= 0.6 is 0 Å². The summed E-state index contributed by atoms with van der Waals surface area (Å²) in [6.07, 6.45) is 26.2. The topological polar surface area (TPSA) is 37.3 Å². The first-order chi connectivity index (χ1) is 16.1. The van der Waals surface area contributed by atoms with Crippen molar-refractivity contribution in [1.29, 1.82) is 0 Å². The lowest BCUT2D eigenvalue weighted by molar-refractivity contribution is -0.136. The second kappa shape index (κ2) is 20.3. The van der Waals surface area contributed by atoms with Gasteiger partial charge in [0.05, 0.1) is 0 Å². The minimum absolute atomic E-state index is 0.228. The van der Waals surface area contributed by atoms with Gasteiger partial charge in [-0.2, -0.15) is 0 Å². The molecule has 2 nitrogen and oxygen atoms in total. The molecule has 0 aliphatic rings. The zero-order chi connectivity index (χ0) is 25.8. The molecular weight excluding hydrogens is 416 g/mol. The molecule has 0 aromatic carbocycles. The molecule has 2 heteroatoms. The molecule has 0 aliphatic carbocycles. The molecule has 34 heavy (non-hydrogen) atoms. The van der Waals surface area contributed by atoms with Crippen LogP contribution in [0.1, 0.15) is 126 Å². The van der Waals surface area contributed by atoms with E-state index in [0.29, 0.717) is 6.42 Å². The van der Waals surface area contributed by atoms with Crippen molar-refractivity contribution in [1.82, 2.24) is 0 Å². The van der Waals surface area contributed by atoms with Gasteiger partial charge < -0.3 is 5.11 Å². The molecule has 0 bridgehead atoms. The predicted molar refractivity (Wildman–Crippen MR) is 151 cm³/mol. The standard InChI is InChI=1S/C32H52O2/c1-26(2)14-10-17-29(5)20-11-18-27(3)15-8-9-16-28(4)19-12-21-30(6)22-13-23-31(7)24-25-32(33)34/h14-16,20-21,23H,8-13,17-19,22,24-25H2,1-7H3,(H,33,34). The lowest BCUT2D eigenvalue weighted by Crippen LogP contribution is -1.94. The zero-order valence-electron chi connectivity index (χ0n) is 23.3. The largest absolute Gasteiger partial charge is 0.481 e. The van der Waals surface area contributed by atoms with Crippen molar-refractivity contribution in [3.8, 4) is 0 Å². The summed E-state index contributed by atoms with van der Waals surface area (Å²) in [6, 6.07) is 0. The van der Waals surface area contributed by atoms with Crippen LogP contribution in [0.3, 0.4) is 0 Å². The Morgan fingerprint density at radius 2 is 0.735 bits per heavy atom. The number of aliphatic carboxylic acids is 1. The van der Waals surface area contributed by atoms with Gasteiger partial charge in [-0.05, 0) is 119 Å². The number of unbranched alkanes of at least 4 members (excludes halogenated alkanes) is 1. The predicted octanol–water partition coefficient (Wildman–Crippen LogP) is 10.4. The van der Waals surface area contributed by atoms with E-state index in [1.54, 1.807) is 0 Å². The lowest BCUT2D eigenvalue weighted by Gasteiger charge is -2.03. The Labute approximate surface area is 211 Å². The summed E-state index contributed by atoms with van der Waals surface area (Å²) in [4.78, 5) is 10.6. The third-order valence-corrected chi connectivity index (χ3v) is 6.07. The molecule has 0 rings (SSSR count). The van der Waals surface area contributed by atoms with Crippen molar-refractivity contribution in [2.45, 2.75) is 126 Å². The van der Waals surface area contributed by atoms with Crippen LogP contribution in [-0.4, -0.2) is 11.1 Å². The first-order valence-corrected chi connectivity index (χ1v) is 13.2. The summed E-state index contributed by atoms with van der Waals surface area (Å²) < 4.78 is 0. The Balaban J connectivity index is 4.10. The first-order valence-electron chi connectivity index (χ1n) is 13.2. The minimum Gasteiger partial charge on any atom is -0.481 e. The van der Waals surface area contributed by atoms with Gasteiger partial charge in [0.25, 0.3) is 0 Å². The number of rotatable bonds is 18. The van der Waals surface area contributed by atoms with Crippen LogP contribution < -0.4 is 0 Å². The van der Waals surface area contributed by atoms with E-state index in [4.69, 9.17) is 5.11 Å². The number of carboxylic acid groups (broad SMARTS) is 1. The summed E-state index contributed by atoms with van der Waals surface area (Å²) in [5.41, 5.74) is 8.51. The average molecular weight is 469 g/mol. The maximum absolute atomic E-state index is 10.6. The Morgan fingerprint density at radius 3 is 1.06 bits per heavy atom. The highest BCUT2D eigenvalue weighted by Crippen LogP contribution is 2.15. The SMILES string of the molecule is CC(C)=CCCC(C)=CCCC(C)=CCCC=C(C)CCC=C(C)CCC=C(C)CCC(=O)O. The smallest absolute Gasteiger partial charge is 0.303 e. The van der Waals surface area contributed by atoms with Gasteiger partial charge in [-0.15, -0.1) is 0 Å². The van der Waals surface area contributed by atoms with Crippen LogP contribution in [-0.2, 0) is 4.79 Å². The molecule has 0 aliphatic heterocycles. The summed E-state index contributed by atoms with van der Waals surface area (Å²) in [6.45, 7) is 15.3. The Kier molecular flexibility index (Phi) is 19.0. The number of hydrogen-bond acceptors (Lipinski definition) is 1. The molecule has 0 amide bonds. The molecule has 0 radical (unpaired) electrons. The molecule has 0 unspecified atom stereocenters. The van der Waals surface area contributed by atoms with Gasteiger partial charge >= 0.3 is 5.97 Å². The van der Waals surface area contributed by atoms with Crippen LogP contribution in [0.4, 0.5) is 0 Å². The molecule has 0 saturated heterocycles. The molecule has 0 atom stereocenters. The van der Waals surface area contributed by atoms with E-state index in [1.165, 1.54) is 46.3 Å². The summed E-state index contributed by atoms with van der Waals surface area (Å²) in [5.74, 6) is -0.720. The number of carboxylic acids is 1. The molecule has 192 valence electrons. The van der Waals surface area contributed by atoms with E-state index in [9.17, 15) is 4.79 Å². The lowest BCUT2D eigenvalue weighted by atomic mass is 10.0. The van der Waals surface area contributed by atoms with Crippen molar-refractivity contribution in [2.75, 3.05) is 0 Å². The maximum Gasteiger partial charge on any atom is 0.303 e. The number of allylic oxidation sites excluding steroid dienone is 12. The van der Waals surface area contributed by atoms with Gasteiger partial charge in [0.15, 0.2) is 0 Å². The molecular formula is C32H52O2. The average Bonchev–Trinajstić information content (AvgIpc) is 2.75. The van der Waals surface area contributed by atoms with Crippen LogP contribution in [0.15, 0.2) is 69.9 Å². The third-order valence-electron chi connectivity index (χ3n) is 6.07. The minimum atomic E-state index is -0.720. The quantitative estimate of drug-likeness (QED) is 0.160. The van der Waals surface area contributed by atoms with Gasteiger partial charge in [0.2, 0.25) is 0 Å².